The Labute approximate surface area is 132 Å². The third-order valence-electron chi connectivity index (χ3n) is 3.63. The summed E-state index contributed by atoms with van der Waals surface area (Å²) >= 11 is 0. The van der Waals surface area contributed by atoms with Gasteiger partial charge in [-0.05, 0) is 47.0 Å². The molecule has 0 saturated heterocycles. The zero-order valence-electron chi connectivity index (χ0n) is 15.2. The Morgan fingerprint density at radius 3 is 2.05 bits per heavy atom. The minimum absolute atomic E-state index is 0.219. The van der Waals surface area contributed by atoms with Crippen LogP contribution >= 0.6 is 0 Å². The fourth-order valence-corrected chi connectivity index (χ4v) is 2.66. The number of hydrogen-bond acceptors (Lipinski definition) is 4. The molecule has 128 valence electrons. The Hall–Kier alpha value is -0.160. The van der Waals surface area contributed by atoms with Gasteiger partial charge in [-0.25, -0.2) is 0 Å². The molecular weight excluding hydrogens is 264 g/mol. The molecule has 0 aromatic heterocycles. The molecule has 0 aromatic carbocycles. The molecule has 4 heteroatoms. The van der Waals surface area contributed by atoms with Gasteiger partial charge in [-0.2, -0.15) is 0 Å². The third kappa shape index (κ3) is 11.1. The molecule has 0 fully saturated rings. The van der Waals surface area contributed by atoms with E-state index in [1.54, 1.807) is 0 Å². The van der Waals surface area contributed by atoms with Gasteiger partial charge in [-0.15, -0.1) is 0 Å². The van der Waals surface area contributed by atoms with Gasteiger partial charge in [0, 0.05) is 31.7 Å². The van der Waals surface area contributed by atoms with E-state index >= 15 is 0 Å². The molecule has 0 bridgehead atoms. The number of hydrogen-bond donors (Lipinski definition) is 2. The van der Waals surface area contributed by atoms with Gasteiger partial charge >= 0.3 is 0 Å². The molecule has 0 radical (unpaired) electrons. The van der Waals surface area contributed by atoms with E-state index in [9.17, 15) is 5.11 Å². The average Bonchev–Trinajstić information content (AvgIpc) is 2.34. The molecule has 0 aromatic rings. The van der Waals surface area contributed by atoms with Crippen LogP contribution in [-0.4, -0.2) is 60.5 Å². The van der Waals surface area contributed by atoms with Crippen LogP contribution in [0.2, 0.25) is 0 Å². The van der Waals surface area contributed by atoms with Crippen molar-refractivity contribution in [2.75, 3.05) is 26.2 Å². The first kappa shape index (κ1) is 20.8. The molecule has 0 heterocycles. The van der Waals surface area contributed by atoms with Crippen molar-refractivity contribution in [3.05, 3.63) is 0 Å². The van der Waals surface area contributed by atoms with Crippen molar-refractivity contribution in [3.63, 3.8) is 0 Å². The van der Waals surface area contributed by atoms with Crippen molar-refractivity contribution in [1.82, 2.24) is 10.2 Å². The minimum Gasteiger partial charge on any atom is -0.389 e. The lowest BCUT2D eigenvalue weighted by Gasteiger charge is -2.30. The summed E-state index contributed by atoms with van der Waals surface area (Å²) in [5, 5.41) is 13.2. The normalized spacial score (nSPS) is 15.4. The summed E-state index contributed by atoms with van der Waals surface area (Å²) in [6.07, 6.45) is 0.834. The van der Waals surface area contributed by atoms with Gasteiger partial charge in [0.15, 0.2) is 0 Å². The van der Waals surface area contributed by atoms with Crippen molar-refractivity contribution >= 4 is 0 Å². The topological polar surface area (TPSA) is 44.7 Å². The largest absolute Gasteiger partial charge is 0.389 e. The molecule has 21 heavy (non-hydrogen) atoms. The summed E-state index contributed by atoms with van der Waals surface area (Å²) in [6, 6.07) is 1.11. The fourth-order valence-electron chi connectivity index (χ4n) is 2.66. The van der Waals surface area contributed by atoms with Crippen molar-refractivity contribution in [3.8, 4) is 0 Å². The predicted molar refractivity (Wildman–Crippen MR) is 90.7 cm³/mol. The maximum Gasteiger partial charge on any atom is 0.0897 e. The van der Waals surface area contributed by atoms with Crippen LogP contribution in [0.5, 0.6) is 0 Å². The molecule has 0 rings (SSSR count). The quantitative estimate of drug-likeness (QED) is 0.544. The van der Waals surface area contributed by atoms with Crippen LogP contribution in [0.4, 0.5) is 0 Å². The number of rotatable bonds is 12. The zero-order chi connectivity index (χ0) is 16.4. The first-order chi connectivity index (χ1) is 9.73. The highest BCUT2D eigenvalue weighted by atomic mass is 16.5. The molecule has 2 N–H and O–H groups in total. The molecule has 0 amide bonds. The second kappa shape index (κ2) is 11.4. The van der Waals surface area contributed by atoms with E-state index in [1.165, 1.54) is 0 Å². The summed E-state index contributed by atoms with van der Waals surface area (Å²) in [5.74, 6) is 0.633. The lowest BCUT2D eigenvalue weighted by atomic mass is 10.1. The highest BCUT2D eigenvalue weighted by Gasteiger charge is 2.13. The van der Waals surface area contributed by atoms with Gasteiger partial charge in [0.25, 0.3) is 0 Å². The summed E-state index contributed by atoms with van der Waals surface area (Å²) in [6.45, 7) is 18.2. The maximum atomic E-state index is 9.91. The summed E-state index contributed by atoms with van der Waals surface area (Å²) < 4.78 is 5.67. The molecule has 2 atom stereocenters. The molecule has 0 saturated carbocycles. The van der Waals surface area contributed by atoms with Gasteiger partial charge in [0.05, 0.1) is 18.8 Å². The SMILES string of the molecule is CC(C)CC(C)OCC(O)CNCCN(C(C)C)C(C)C. The van der Waals surface area contributed by atoms with Crippen LogP contribution in [-0.2, 0) is 4.74 Å². The van der Waals surface area contributed by atoms with E-state index in [-0.39, 0.29) is 6.10 Å². The number of ether oxygens (including phenoxy) is 1. The van der Waals surface area contributed by atoms with Gasteiger partial charge in [-0.1, -0.05) is 13.8 Å². The monoisotopic (exact) mass is 302 g/mol. The Morgan fingerprint density at radius 2 is 1.57 bits per heavy atom. The zero-order valence-corrected chi connectivity index (χ0v) is 15.2. The first-order valence-electron chi connectivity index (χ1n) is 8.50. The van der Waals surface area contributed by atoms with Crippen molar-refractivity contribution < 1.29 is 9.84 Å². The average molecular weight is 303 g/mol. The Bertz CT molecular complexity index is 237. The second-order valence-electron chi connectivity index (χ2n) is 7.06. The highest BCUT2D eigenvalue weighted by Crippen LogP contribution is 2.07. The van der Waals surface area contributed by atoms with Crippen LogP contribution in [0.25, 0.3) is 0 Å². The van der Waals surface area contributed by atoms with Gasteiger partial charge in [0.2, 0.25) is 0 Å². The van der Waals surface area contributed by atoms with Gasteiger partial charge < -0.3 is 15.2 Å². The van der Waals surface area contributed by atoms with E-state index in [1.807, 2.05) is 0 Å². The first-order valence-corrected chi connectivity index (χ1v) is 8.50. The predicted octanol–water partition coefficient (Wildman–Crippen LogP) is 2.51. The molecule has 0 aliphatic carbocycles. The van der Waals surface area contributed by atoms with Crippen LogP contribution in [0.1, 0.15) is 54.9 Å². The summed E-state index contributed by atoms with van der Waals surface area (Å²) in [4.78, 5) is 2.45. The van der Waals surface area contributed by atoms with Crippen molar-refractivity contribution in [2.24, 2.45) is 5.92 Å². The molecule has 2 unspecified atom stereocenters. The summed E-state index contributed by atoms with van der Waals surface area (Å²) in [5.41, 5.74) is 0. The van der Waals surface area contributed by atoms with Crippen LogP contribution < -0.4 is 5.32 Å². The van der Waals surface area contributed by atoms with E-state index < -0.39 is 6.10 Å². The maximum absolute atomic E-state index is 9.91. The molecule has 0 aliphatic rings. The second-order valence-corrected chi connectivity index (χ2v) is 7.06. The standard InChI is InChI=1S/C17H38N2O2/c1-13(2)10-16(7)21-12-17(20)11-18-8-9-19(14(3)4)15(5)6/h13-18,20H,8-12H2,1-7H3. The number of aliphatic hydroxyl groups is 1. The van der Waals surface area contributed by atoms with E-state index in [0.717, 1.165) is 19.5 Å². The summed E-state index contributed by atoms with van der Waals surface area (Å²) in [7, 11) is 0. The molecule has 0 spiro atoms. The number of aliphatic hydroxyl groups excluding tert-OH is 1. The minimum atomic E-state index is -0.425. The van der Waals surface area contributed by atoms with Gasteiger partial charge in [-0.3, -0.25) is 4.90 Å². The van der Waals surface area contributed by atoms with E-state index in [0.29, 0.717) is 31.2 Å². The third-order valence-corrected chi connectivity index (χ3v) is 3.63. The van der Waals surface area contributed by atoms with E-state index in [4.69, 9.17) is 4.74 Å². The van der Waals surface area contributed by atoms with Crippen molar-refractivity contribution in [1.29, 1.82) is 0 Å². The number of nitrogens with zero attached hydrogens (tertiary/aromatic N) is 1. The molecule has 0 aliphatic heterocycles. The smallest absolute Gasteiger partial charge is 0.0897 e. The lowest BCUT2D eigenvalue weighted by molar-refractivity contribution is -0.00866. The van der Waals surface area contributed by atoms with Crippen LogP contribution in [0, 0.1) is 5.92 Å². The Morgan fingerprint density at radius 1 is 1.00 bits per heavy atom. The number of nitrogens with one attached hydrogen (secondary N) is 1. The highest BCUT2D eigenvalue weighted by molar-refractivity contribution is 4.69. The van der Waals surface area contributed by atoms with E-state index in [2.05, 4.69) is 58.7 Å². The fraction of sp³-hybridized carbons (Fsp3) is 1.00. The van der Waals surface area contributed by atoms with Gasteiger partial charge in [0.1, 0.15) is 0 Å². The molecule has 4 nitrogen and oxygen atoms in total. The van der Waals surface area contributed by atoms with Crippen LogP contribution in [0.15, 0.2) is 0 Å². The molecular formula is C17H38N2O2. The van der Waals surface area contributed by atoms with Crippen LogP contribution in [0.3, 0.4) is 0 Å². The van der Waals surface area contributed by atoms with Crippen molar-refractivity contribution in [2.45, 2.75) is 79.2 Å². The lowest BCUT2D eigenvalue weighted by Crippen LogP contribution is -2.43. The Balaban J connectivity index is 3.72. The Kier molecular flexibility index (Phi) is 11.3.